The molecule has 5 heteroatoms. The third kappa shape index (κ3) is 2.59. The predicted octanol–water partition coefficient (Wildman–Crippen LogP) is 5.16. The number of nitrogens with zero attached hydrogens (tertiary/aromatic N) is 1. The minimum atomic E-state index is -0.267. The van der Waals surface area contributed by atoms with E-state index in [1.54, 1.807) is 12.1 Å². The van der Waals surface area contributed by atoms with Gasteiger partial charge in [0.05, 0.1) is 10.0 Å². The molecule has 124 valence electrons. The van der Waals surface area contributed by atoms with Gasteiger partial charge < -0.3 is 10.5 Å². The number of rotatable bonds is 1. The summed E-state index contributed by atoms with van der Waals surface area (Å²) >= 11 is 12.3. The number of benzene rings is 2. The van der Waals surface area contributed by atoms with Gasteiger partial charge in [-0.25, -0.2) is 0 Å². The van der Waals surface area contributed by atoms with Gasteiger partial charge in [-0.15, -0.1) is 0 Å². The van der Waals surface area contributed by atoms with Crippen molar-refractivity contribution in [1.82, 2.24) is 0 Å². The molecule has 1 atom stereocenters. The molecule has 0 saturated carbocycles. The van der Waals surface area contributed by atoms with Gasteiger partial charge >= 0.3 is 0 Å². The fourth-order valence-corrected chi connectivity index (χ4v) is 3.88. The number of aryl methyl sites for hydroxylation is 1. The molecule has 2 aliphatic rings. The van der Waals surface area contributed by atoms with Gasteiger partial charge in [0.2, 0.25) is 5.88 Å². The summed E-state index contributed by atoms with van der Waals surface area (Å²) in [7, 11) is 0. The quantitative estimate of drug-likeness (QED) is 0.756. The van der Waals surface area contributed by atoms with Crippen molar-refractivity contribution < 1.29 is 4.74 Å². The lowest BCUT2D eigenvalue weighted by molar-refractivity contribution is 0.350. The largest absolute Gasteiger partial charge is 0.440 e. The average molecular weight is 369 g/mol. The van der Waals surface area contributed by atoms with Crippen LogP contribution in [0.1, 0.15) is 29.0 Å². The number of fused-ring (bicyclic) bond motifs is 2. The summed E-state index contributed by atoms with van der Waals surface area (Å²) in [4.78, 5) is 0. The molecule has 1 aliphatic heterocycles. The third-order valence-electron chi connectivity index (χ3n) is 4.73. The van der Waals surface area contributed by atoms with E-state index in [4.69, 9.17) is 33.7 Å². The molecule has 25 heavy (non-hydrogen) atoms. The Morgan fingerprint density at radius 3 is 2.64 bits per heavy atom. The molecule has 2 aromatic rings. The van der Waals surface area contributed by atoms with E-state index in [0.717, 1.165) is 35.3 Å². The van der Waals surface area contributed by atoms with Crippen LogP contribution in [0.2, 0.25) is 10.0 Å². The van der Waals surface area contributed by atoms with Gasteiger partial charge in [0.25, 0.3) is 0 Å². The van der Waals surface area contributed by atoms with E-state index in [-0.39, 0.29) is 11.8 Å². The van der Waals surface area contributed by atoms with Gasteiger partial charge in [-0.2, -0.15) is 5.26 Å². The summed E-state index contributed by atoms with van der Waals surface area (Å²) in [6, 6.07) is 15.8. The maximum atomic E-state index is 9.65. The SMILES string of the molecule is N#CC1=C(N)OC2=C(CCc3ccccc32)C1c1ccc(Cl)c(Cl)c1. The number of halogens is 2. The van der Waals surface area contributed by atoms with Crippen LogP contribution < -0.4 is 5.73 Å². The first-order valence-corrected chi connectivity index (χ1v) is 8.69. The molecule has 1 aliphatic carbocycles. The molecule has 1 unspecified atom stereocenters. The number of hydrogen-bond acceptors (Lipinski definition) is 3. The van der Waals surface area contributed by atoms with Crippen molar-refractivity contribution in [3.05, 3.63) is 86.2 Å². The van der Waals surface area contributed by atoms with Gasteiger partial charge in [0.1, 0.15) is 17.4 Å². The molecule has 1 heterocycles. The first-order valence-electron chi connectivity index (χ1n) is 7.94. The maximum Gasteiger partial charge on any atom is 0.205 e. The van der Waals surface area contributed by atoms with Crippen LogP contribution in [-0.2, 0) is 11.2 Å². The molecule has 0 fully saturated rings. The Kier molecular flexibility index (Phi) is 3.95. The molecular weight excluding hydrogens is 355 g/mol. The monoisotopic (exact) mass is 368 g/mol. The number of hydrogen-bond donors (Lipinski definition) is 1. The van der Waals surface area contributed by atoms with E-state index in [2.05, 4.69) is 12.1 Å². The highest BCUT2D eigenvalue weighted by Crippen LogP contribution is 2.47. The standard InChI is InChI=1S/C20H14Cl2N2O/c21-16-8-6-12(9-17(16)22)18-14-7-5-11-3-1-2-4-13(11)19(14)25-20(24)15(18)10-23/h1-4,6,8-9,18H,5,7,24H2. The Morgan fingerprint density at radius 2 is 1.88 bits per heavy atom. The van der Waals surface area contributed by atoms with E-state index in [9.17, 15) is 5.26 Å². The highest BCUT2D eigenvalue weighted by Gasteiger charge is 2.35. The minimum Gasteiger partial charge on any atom is -0.440 e. The van der Waals surface area contributed by atoms with Gasteiger partial charge in [-0.3, -0.25) is 0 Å². The van der Waals surface area contributed by atoms with Crippen LogP contribution in [0.4, 0.5) is 0 Å². The minimum absolute atomic E-state index is 0.147. The summed E-state index contributed by atoms with van der Waals surface area (Å²) in [5, 5.41) is 10.6. The molecular formula is C20H14Cl2N2O. The zero-order valence-corrected chi connectivity index (χ0v) is 14.7. The van der Waals surface area contributed by atoms with Crippen molar-refractivity contribution in [1.29, 1.82) is 5.26 Å². The lowest BCUT2D eigenvalue weighted by Gasteiger charge is -2.33. The first kappa shape index (κ1) is 16.1. The summed E-state index contributed by atoms with van der Waals surface area (Å²) < 4.78 is 5.88. The van der Waals surface area contributed by atoms with Gasteiger partial charge in [0, 0.05) is 11.5 Å². The van der Waals surface area contributed by atoms with Crippen molar-refractivity contribution in [2.45, 2.75) is 18.8 Å². The predicted molar refractivity (Wildman–Crippen MR) is 98.8 cm³/mol. The Balaban J connectivity index is 1.93. The molecule has 0 aromatic heterocycles. The summed E-state index contributed by atoms with van der Waals surface area (Å²) in [5.41, 5.74) is 10.7. The Labute approximate surface area is 155 Å². The molecule has 0 radical (unpaired) electrons. The molecule has 3 nitrogen and oxygen atoms in total. The molecule has 0 bridgehead atoms. The zero-order chi connectivity index (χ0) is 17.6. The fraction of sp³-hybridized carbons (Fsp3) is 0.150. The highest BCUT2D eigenvalue weighted by molar-refractivity contribution is 6.42. The Hall–Kier alpha value is -2.41. The van der Waals surface area contributed by atoms with Crippen LogP contribution >= 0.6 is 23.2 Å². The van der Waals surface area contributed by atoms with Crippen LogP contribution in [0, 0.1) is 11.3 Å². The van der Waals surface area contributed by atoms with Crippen LogP contribution in [-0.4, -0.2) is 0 Å². The maximum absolute atomic E-state index is 9.65. The van der Waals surface area contributed by atoms with Crippen LogP contribution in [0.5, 0.6) is 0 Å². The van der Waals surface area contributed by atoms with Gasteiger partial charge in [0.15, 0.2) is 0 Å². The lowest BCUT2D eigenvalue weighted by Crippen LogP contribution is -2.23. The highest BCUT2D eigenvalue weighted by atomic mass is 35.5. The summed E-state index contributed by atoms with van der Waals surface area (Å²) in [6.45, 7) is 0. The molecule has 4 rings (SSSR count). The number of nitriles is 1. The third-order valence-corrected chi connectivity index (χ3v) is 5.47. The molecule has 0 saturated heterocycles. The summed E-state index contributed by atoms with van der Waals surface area (Å²) in [5.74, 6) is 0.639. The Bertz CT molecular complexity index is 985. The van der Waals surface area contributed by atoms with Crippen molar-refractivity contribution >= 4 is 29.0 Å². The number of nitrogens with two attached hydrogens (primary N) is 1. The van der Waals surface area contributed by atoms with Crippen molar-refractivity contribution in [3.8, 4) is 6.07 Å². The zero-order valence-electron chi connectivity index (χ0n) is 13.2. The van der Waals surface area contributed by atoms with Gasteiger partial charge in [-0.1, -0.05) is 53.5 Å². The lowest BCUT2D eigenvalue weighted by atomic mass is 9.76. The fourth-order valence-electron chi connectivity index (χ4n) is 3.57. The van der Waals surface area contributed by atoms with Gasteiger partial charge in [-0.05, 0) is 41.7 Å². The smallest absolute Gasteiger partial charge is 0.205 e. The molecule has 2 aromatic carbocycles. The van der Waals surface area contributed by atoms with E-state index < -0.39 is 0 Å². The number of ether oxygens (including phenoxy) is 1. The second kappa shape index (κ2) is 6.15. The normalized spacial score (nSPS) is 19.0. The number of allylic oxidation sites excluding steroid dienone is 2. The van der Waals surface area contributed by atoms with Crippen molar-refractivity contribution in [2.75, 3.05) is 0 Å². The van der Waals surface area contributed by atoms with E-state index >= 15 is 0 Å². The Morgan fingerprint density at radius 1 is 1.08 bits per heavy atom. The summed E-state index contributed by atoms with van der Waals surface area (Å²) in [6.07, 6.45) is 1.70. The van der Waals surface area contributed by atoms with Crippen molar-refractivity contribution in [3.63, 3.8) is 0 Å². The van der Waals surface area contributed by atoms with Crippen LogP contribution in [0.3, 0.4) is 0 Å². The second-order valence-corrected chi connectivity index (χ2v) is 6.92. The second-order valence-electron chi connectivity index (χ2n) is 6.11. The van der Waals surface area contributed by atoms with E-state index in [1.807, 2.05) is 24.3 Å². The average Bonchev–Trinajstić information content (AvgIpc) is 2.63. The molecule has 0 spiro atoms. The van der Waals surface area contributed by atoms with Crippen LogP contribution in [0.15, 0.2) is 59.5 Å². The molecule has 2 N–H and O–H groups in total. The first-order chi connectivity index (χ1) is 12.1. The molecule has 0 amide bonds. The van der Waals surface area contributed by atoms with Crippen LogP contribution in [0.25, 0.3) is 5.76 Å². The van der Waals surface area contributed by atoms with E-state index in [0.29, 0.717) is 15.6 Å². The van der Waals surface area contributed by atoms with E-state index in [1.165, 1.54) is 5.56 Å². The van der Waals surface area contributed by atoms with Crippen molar-refractivity contribution in [2.24, 2.45) is 5.73 Å². The topological polar surface area (TPSA) is 59.0 Å².